The molecule has 0 saturated heterocycles. The van der Waals surface area contributed by atoms with Gasteiger partial charge in [0.15, 0.2) is 0 Å². The monoisotopic (exact) mass is 396 g/mol. The molecular formula is C26H56N2. The fourth-order valence-corrected chi connectivity index (χ4v) is 3.96. The van der Waals surface area contributed by atoms with E-state index in [0.717, 1.165) is 5.92 Å². The minimum absolute atomic E-state index is 0.932. The van der Waals surface area contributed by atoms with Crippen LogP contribution in [0.4, 0.5) is 0 Å². The molecule has 0 aliphatic carbocycles. The van der Waals surface area contributed by atoms with E-state index in [0.29, 0.717) is 0 Å². The minimum atomic E-state index is 0.932. The summed E-state index contributed by atoms with van der Waals surface area (Å²) in [6.07, 6.45) is 25.5. The second-order valence-corrected chi connectivity index (χ2v) is 9.13. The van der Waals surface area contributed by atoms with Crippen molar-refractivity contribution >= 4 is 0 Å². The van der Waals surface area contributed by atoms with Gasteiger partial charge in [-0.3, -0.25) is 0 Å². The molecular weight excluding hydrogens is 340 g/mol. The molecule has 0 aromatic carbocycles. The Kier molecular flexibility index (Phi) is 24.9. The van der Waals surface area contributed by atoms with Crippen LogP contribution in [0.2, 0.25) is 0 Å². The van der Waals surface area contributed by atoms with Gasteiger partial charge in [0.25, 0.3) is 0 Å². The van der Waals surface area contributed by atoms with Crippen molar-refractivity contribution in [3.63, 3.8) is 0 Å². The summed E-state index contributed by atoms with van der Waals surface area (Å²) in [7, 11) is 0. The number of unbranched alkanes of at least 4 members (excludes halogenated alkanes) is 12. The first-order chi connectivity index (χ1) is 13.8. The largest absolute Gasteiger partial charge is 0.317 e. The van der Waals surface area contributed by atoms with Crippen molar-refractivity contribution in [1.82, 2.24) is 10.6 Å². The Morgan fingerprint density at radius 1 is 0.429 bits per heavy atom. The summed E-state index contributed by atoms with van der Waals surface area (Å²) in [5.74, 6) is 0.932. The topological polar surface area (TPSA) is 24.1 Å². The Morgan fingerprint density at radius 3 is 1.32 bits per heavy atom. The van der Waals surface area contributed by atoms with Gasteiger partial charge in [-0.2, -0.15) is 0 Å². The van der Waals surface area contributed by atoms with E-state index in [4.69, 9.17) is 0 Å². The highest BCUT2D eigenvalue weighted by atomic mass is 14.9. The lowest BCUT2D eigenvalue weighted by molar-refractivity contribution is 0.432. The third-order valence-corrected chi connectivity index (χ3v) is 6.02. The van der Waals surface area contributed by atoms with E-state index in [1.165, 1.54) is 142 Å². The van der Waals surface area contributed by atoms with E-state index in [2.05, 4.69) is 31.4 Å². The van der Waals surface area contributed by atoms with Crippen LogP contribution in [0.15, 0.2) is 0 Å². The summed E-state index contributed by atoms with van der Waals surface area (Å²) in [6.45, 7) is 11.8. The van der Waals surface area contributed by atoms with Crippen molar-refractivity contribution in [1.29, 1.82) is 0 Å². The molecule has 0 saturated carbocycles. The van der Waals surface area contributed by atoms with Crippen molar-refractivity contribution in [2.24, 2.45) is 5.92 Å². The van der Waals surface area contributed by atoms with Crippen LogP contribution in [-0.2, 0) is 0 Å². The zero-order chi connectivity index (χ0) is 20.5. The smallest absolute Gasteiger partial charge is 0.00368 e. The quantitative estimate of drug-likeness (QED) is 0.162. The van der Waals surface area contributed by atoms with E-state index in [1.54, 1.807) is 0 Å². The minimum Gasteiger partial charge on any atom is -0.317 e. The Hall–Kier alpha value is -0.0800. The molecule has 2 heteroatoms. The van der Waals surface area contributed by atoms with Gasteiger partial charge in [0.2, 0.25) is 0 Å². The molecule has 0 amide bonds. The molecule has 0 spiro atoms. The first kappa shape index (κ1) is 27.9. The van der Waals surface area contributed by atoms with Crippen LogP contribution in [0, 0.1) is 5.92 Å². The second-order valence-electron chi connectivity index (χ2n) is 9.13. The third-order valence-electron chi connectivity index (χ3n) is 6.02. The lowest BCUT2D eigenvalue weighted by atomic mass is 9.96. The molecule has 0 aliphatic rings. The summed E-state index contributed by atoms with van der Waals surface area (Å²) >= 11 is 0. The van der Waals surface area contributed by atoms with Gasteiger partial charge in [-0.15, -0.1) is 0 Å². The second kappa shape index (κ2) is 25.0. The molecule has 0 radical (unpaired) electrons. The predicted molar refractivity (Wildman–Crippen MR) is 129 cm³/mol. The lowest BCUT2D eigenvalue weighted by Crippen LogP contribution is -2.23. The average molecular weight is 397 g/mol. The molecule has 0 bridgehead atoms. The summed E-state index contributed by atoms with van der Waals surface area (Å²) in [5.41, 5.74) is 0. The molecule has 2 N–H and O–H groups in total. The fourth-order valence-electron chi connectivity index (χ4n) is 3.96. The van der Waals surface area contributed by atoms with Crippen LogP contribution in [0.25, 0.3) is 0 Å². The number of hydrogen-bond acceptors (Lipinski definition) is 2. The van der Waals surface area contributed by atoms with E-state index in [1.807, 2.05) is 0 Å². The van der Waals surface area contributed by atoms with Gasteiger partial charge in [0, 0.05) is 0 Å². The summed E-state index contributed by atoms with van der Waals surface area (Å²) in [6, 6.07) is 0. The third kappa shape index (κ3) is 24.0. The molecule has 0 aromatic heterocycles. The Bertz CT molecular complexity index is 267. The van der Waals surface area contributed by atoms with Crippen molar-refractivity contribution in [2.75, 3.05) is 26.2 Å². The average Bonchev–Trinajstić information content (AvgIpc) is 2.70. The van der Waals surface area contributed by atoms with E-state index in [-0.39, 0.29) is 0 Å². The van der Waals surface area contributed by atoms with Crippen LogP contribution in [-0.4, -0.2) is 26.2 Å². The molecule has 2 nitrogen and oxygen atoms in total. The predicted octanol–water partition coefficient (Wildman–Crippen LogP) is 7.86. The van der Waals surface area contributed by atoms with Crippen LogP contribution >= 0.6 is 0 Å². The molecule has 0 heterocycles. The molecule has 0 rings (SSSR count). The van der Waals surface area contributed by atoms with Crippen LogP contribution < -0.4 is 10.6 Å². The maximum absolute atomic E-state index is 3.61. The van der Waals surface area contributed by atoms with Crippen molar-refractivity contribution < 1.29 is 0 Å². The van der Waals surface area contributed by atoms with E-state index < -0.39 is 0 Å². The maximum atomic E-state index is 3.61. The van der Waals surface area contributed by atoms with E-state index in [9.17, 15) is 0 Å². The molecule has 1 atom stereocenters. The molecule has 170 valence electrons. The molecule has 28 heavy (non-hydrogen) atoms. The first-order valence-electron chi connectivity index (χ1n) is 13.2. The molecule has 0 fully saturated rings. The normalized spacial score (nSPS) is 12.5. The zero-order valence-electron chi connectivity index (χ0n) is 20.1. The SMILES string of the molecule is CCCCCCCCCCCC[C@H](C)CCCCNCCCNCCCCC. The number of nitrogens with one attached hydrogen (secondary N) is 2. The highest BCUT2D eigenvalue weighted by molar-refractivity contribution is 4.57. The van der Waals surface area contributed by atoms with Crippen LogP contribution in [0.3, 0.4) is 0 Å². The fraction of sp³-hybridized carbons (Fsp3) is 1.00. The van der Waals surface area contributed by atoms with Gasteiger partial charge in [0.05, 0.1) is 0 Å². The highest BCUT2D eigenvalue weighted by Gasteiger charge is 2.02. The summed E-state index contributed by atoms with van der Waals surface area (Å²) in [5, 5.41) is 7.15. The Balaban J connectivity index is 3.12. The number of hydrogen-bond donors (Lipinski definition) is 2. The van der Waals surface area contributed by atoms with Gasteiger partial charge >= 0.3 is 0 Å². The van der Waals surface area contributed by atoms with Crippen LogP contribution in [0.5, 0.6) is 0 Å². The molecule has 0 unspecified atom stereocenters. The molecule has 0 aliphatic heterocycles. The number of rotatable bonds is 24. The maximum Gasteiger partial charge on any atom is -0.00368 e. The standard InChI is InChI=1S/C26H56N2/c1-4-6-8-9-10-11-12-13-14-15-20-26(3)21-16-18-23-28-25-19-24-27-22-17-7-5-2/h26-28H,4-25H2,1-3H3/t26-/m0/s1. The first-order valence-corrected chi connectivity index (χ1v) is 13.2. The molecule has 0 aromatic rings. The van der Waals surface area contributed by atoms with Gasteiger partial charge < -0.3 is 10.6 Å². The summed E-state index contributed by atoms with van der Waals surface area (Å²) < 4.78 is 0. The van der Waals surface area contributed by atoms with Gasteiger partial charge in [-0.25, -0.2) is 0 Å². The van der Waals surface area contributed by atoms with Crippen LogP contribution in [0.1, 0.15) is 136 Å². The zero-order valence-corrected chi connectivity index (χ0v) is 20.1. The van der Waals surface area contributed by atoms with Gasteiger partial charge in [0.1, 0.15) is 0 Å². The van der Waals surface area contributed by atoms with Crippen molar-refractivity contribution in [3.8, 4) is 0 Å². The summed E-state index contributed by atoms with van der Waals surface area (Å²) in [4.78, 5) is 0. The Morgan fingerprint density at radius 2 is 0.786 bits per heavy atom. The van der Waals surface area contributed by atoms with Gasteiger partial charge in [-0.1, -0.05) is 117 Å². The van der Waals surface area contributed by atoms with Crippen molar-refractivity contribution in [3.05, 3.63) is 0 Å². The lowest BCUT2D eigenvalue weighted by Gasteiger charge is -2.11. The van der Waals surface area contributed by atoms with E-state index >= 15 is 0 Å². The van der Waals surface area contributed by atoms with Crippen molar-refractivity contribution in [2.45, 2.75) is 136 Å². The highest BCUT2D eigenvalue weighted by Crippen LogP contribution is 2.17. The Labute approximate surface area is 179 Å². The van der Waals surface area contributed by atoms with Gasteiger partial charge in [-0.05, 0) is 51.4 Å².